The molecule has 0 unspecified atom stereocenters. The van der Waals surface area contributed by atoms with Gasteiger partial charge in [-0.05, 0) is 13.0 Å². The van der Waals surface area contributed by atoms with Crippen LogP contribution in [0.2, 0.25) is 0 Å². The van der Waals surface area contributed by atoms with Crippen LogP contribution in [-0.4, -0.2) is 32.1 Å². The van der Waals surface area contributed by atoms with E-state index in [-0.39, 0.29) is 0 Å². The summed E-state index contributed by atoms with van der Waals surface area (Å²) in [7, 11) is 0. The van der Waals surface area contributed by atoms with E-state index in [0.717, 1.165) is 38.6 Å². The highest BCUT2D eigenvalue weighted by Gasteiger charge is 2.05. The molecular weight excluding hydrogens is 164 g/mol. The van der Waals surface area contributed by atoms with Crippen LogP contribution in [0, 0.1) is 0 Å². The third-order valence-corrected chi connectivity index (χ3v) is 2.12. The number of nitrogens with zero attached hydrogens (tertiary/aromatic N) is 1. The van der Waals surface area contributed by atoms with Gasteiger partial charge in [0.2, 0.25) is 0 Å². The van der Waals surface area contributed by atoms with Crippen molar-refractivity contribution in [2.24, 2.45) is 4.99 Å². The summed E-state index contributed by atoms with van der Waals surface area (Å²) in [5.41, 5.74) is 0. The van der Waals surface area contributed by atoms with E-state index < -0.39 is 0 Å². The van der Waals surface area contributed by atoms with Crippen molar-refractivity contribution in [3.05, 3.63) is 0 Å². The van der Waals surface area contributed by atoms with Crippen molar-refractivity contribution in [2.75, 3.05) is 26.2 Å². The first kappa shape index (κ1) is 10.5. The van der Waals surface area contributed by atoms with Crippen molar-refractivity contribution in [2.45, 2.75) is 32.6 Å². The molecule has 13 heavy (non-hydrogen) atoms. The summed E-state index contributed by atoms with van der Waals surface area (Å²) in [4.78, 5) is 4.22. The Morgan fingerprint density at radius 1 is 1.38 bits per heavy atom. The van der Waals surface area contributed by atoms with Gasteiger partial charge in [-0.25, -0.2) is 0 Å². The monoisotopic (exact) mass is 184 g/mol. The average molecular weight is 184 g/mol. The van der Waals surface area contributed by atoms with Gasteiger partial charge in [-0.3, -0.25) is 4.99 Å². The fourth-order valence-electron chi connectivity index (χ4n) is 1.35. The van der Waals surface area contributed by atoms with Gasteiger partial charge in [-0.2, -0.15) is 0 Å². The van der Waals surface area contributed by atoms with E-state index in [1.165, 1.54) is 19.3 Å². The van der Waals surface area contributed by atoms with E-state index in [1.807, 2.05) is 0 Å². The van der Waals surface area contributed by atoms with Gasteiger partial charge in [0.25, 0.3) is 0 Å². The van der Waals surface area contributed by atoms with Gasteiger partial charge in [0.1, 0.15) is 6.61 Å². The summed E-state index contributed by atoms with van der Waals surface area (Å²) in [5.74, 6) is 0.933. The van der Waals surface area contributed by atoms with E-state index >= 15 is 0 Å². The summed E-state index contributed by atoms with van der Waals surface area (Å²) in [5, 5.41) is 3.39. The summed E-state index contributed by atoms with van der Waals surface area (Å²) in [6.45, 7) is 5.99. The molecule has 0 aromatic carbocycles. The average Bonchev–Trinajstić information content (AvgIpc) is 2.63. The third-order valence-electron chi connectivity index (χ3n) is 2.12. The maximum absolute atomic E-state index is 5.29. The highest BCUT2D eigenvalue weighted by atomic mass is 16.5. The topological polar surface area (TPSA) is 33.6 Å². The first-order valence-electron chi connectivity index (χ1n) is 5.30. The molecule has 1 rings (SSSR count). The van der Waals surface area contributed by atoms with Crippen LogP contribution in [-0.2, 0) is 4.74 Å². The molecule has 0 saturated heterocycles. The van der Waals surface area contributed by atoms with Gasteiger partial charge < -0.3 is 10.1 Å². The number of rotatable bonds is 7. The summed E-state index contributed by atoms with van der Waals surface area (Å²) in [6.07, 6.45) is 4.85. The van der Waals surface area contributed by atoms with E-state index in [9.17, 15) is 0 Å². The Bertz CT molecular complexity index is 157. The first-order valence-corrected chi connectivity index (χ1v) is 5.30. The lowest BCUT2D eigenvalue weighted by Crippen LogP contribution is -2.19. The number of hydrogen-bond donors (Lipinski definition) is 1. The lowest BCUT2D eigenvalue weighted by Gasteiger charge is -2.03. The Kier molecular flexibility index (Phi) is 5.57. The number of unbranched alkanes of at least 4 members (excludes halogenated alkanes) is 2. The van der Waals surface area contributed by atoms with Crippen LogP contribution in [0.5, 0.6) is 0 Å². The van der Waals surface area contributed by atoms with Crippen LogP contribution in [0.15, 0.2) is 4.99 Å². The van der Waals surface area contributed by atoms with Crippen LogP contribution in [0.4, 0.5) is 0 Å². The molecule has 0 amide bonds. The number of ether oxygens (including phenoxy) is 1. The molecule has 0 bridgehead atoms. The Labute approximate surface area is 80.6 Å². The summed E-state index contributed by atoms with van der Waals surface area (Å²) >= 11 is 0. The molecule has 0 fully saturated rings. The minimum Gasteiger partial charge on any atom is -0.479 e. The highest BCUT2D eigenvalue weighted by Crippen LogP contribution is 1.97. The Morgan fingerprint density at radius 2 is 2.31 bits per heavy atom. The summed E-state index contributed by atoms with van der Waals surface area (Å²) in [6, 6.07) is 0. The minimum atomic E-state index is 0.783. The highest BCUT2D eigenvalue weighted by molar-refractivity contribution is 5.77. The molecule has 1 heterocycles. The third kappa shape index (κ3) is 4.88. The molecule has 3 heteroatoms. The van der Waals surface area contributed by atoms with E-state index in [2.05, 4.69) is 17.2 Å². The zero-order chi connectivity index (χ0) is 9.36. The fourth-order valence-corrected chi connectivity index (χ4v) is 1.35. The minimum absolute atomic E-state index is 0.783. The molecule has 1 aliphatic heterocycles. The van der Waals surface area contributed by atoms with Gasteiger partial charge in [0.05, 0.1) is 6.54 Å². The molecular formula is C10H20N2O. The van der Waals surface area contributed by atoms with E-state index in [1.54, 1.807) is 0 Å². The zero-order valence-corrected chi connectivity index (χ0v) is 8.51. The molecule has 0 aromatic rings. The predicted octanol–water partition coefficient (Wildman–Crippen LogP) is 1.58. The van der Waals surface area contributed by atoms with Gasteiger partial charge >= 0.3 is 0 Å². The molecule has 0 saturated carbocycles. The summed E-state index contributed by atoms with van der Waals surface area (Å²) < 4.78 is 5.29. The van der Waals surface area contributed by atoms with Crippen LogP contribution in [0.25, 0.3) is 0 Å². The van der Waals surface area contributed by atoms with Crippen LogP contribution < -0.4 is 5.32 Å². The Balaban J connectivity index is 1.83. The van der Waals surface area contributed by atoms with Crippen molar-refractivity contribution in [1.29, 1.82) is 0 Å². The van der Waals surface area contributed by atoms with Gasteiger partial charge in [0, 0.05) is 13.0 Å². The van der Waals surface area contributed by atoms with Gasteiger partial charge in [0.15, 0.2) is 5.90 Å². The van der Waals surface area contributed by atoms with Gasteiger partial charge in [-0.15, -0.1) is 0 Å². The van der Waals surface area contributed by atoms with Crippen molar-refractivity contribution < 1.29 is 4.74 Å². The molecule has 0 radical (unpaired) electrons. The largest absolute Gasteiger partial charge is 0.479 e. The molecule has 76 valence electrons. The number of hydrogen-bond acceptors (Lipinski definition) is 3. The smallest absolute Gasteiger partial charge is 0.184 e. The van der Waals surface area contributed by atoms with Crippen molar-refractivity contribution in [3.63, 3.8) is 0 Å². The van der Waals surface area contributed by atoms with Crippen molar-refractivity contribution >= 4 is 5.90 Å². The predicted molar refractivity (Wildman–Crippen MR) is 55.3 cm³/mol. The second-order valence-electron chi connectivity index (χ2n) is 3.33. The number of aliphatic imine (C=N–C) groups is 1. The number of nitrogens with one attached hydrogen (secondary N) is 1. The molecule has 0 aromatic heterocycles. The normalized spacial score (nSPS) is 15.6. The zero-order valence-electron chi connectivity index (χ0n) is 8.51. The SMILES string of the molecule is CCCCCNCCC1=NCCO1. The van der Waals surface area contributed by atoms with Crippen molar-refractivity contribution in [1.82, 2.24) is 5.32 Å². The van der Waals surface area contributed by atoms with E-state index in [4.69, 9.17) is 4.74 Å². The first-order chi connectivity index (χ1) is 6.43. The van der Waals surface area contributed by atoms with E-state index in [0.29, 0.717) is 0 Å². The molecule has 0 aliphatic carbocycles. The second kappa shape index (κ2) is 6.89. The van der Waals surface area contributed by atoms with Gasteiger partial charge in [-0.1, -0.05) is 19.8 Å². The molecule has 1 aliphatic rings. The van der Waals surface area contributed by atoms with Crippen molar-refractivity contribution in [3.8, 4) is 0 Å². The maximum atomic E-state index is 5.29. The fraction of sp³-hybridized carbons (Fsp3) is 0.900. The van der Waals surface area contributed by atoms with Crippen LogP contribution >= 0.6 is 0 Å². The Morgan fingerprint density at radius 3 is 3.00 bits per heavy atom. The Hall–Kier alpha value is -0.570. The van der Waals surface area contributed by atoms with Crippen LogP contribution in [0.1, 0.15) is 32.6 Å². The maximum Gasteiger partial charge on any atom is 0.184 e. The lowest BCUT2D eigenvalue weighted by atomic mass is 10.2. The second-order valence-corrected chi connectivity index (χ2v) is 3.33. The molecule has 0 atom stereocenters. The standard InChI is InChI=1S/C10H20N2O/c1-2-3-4-6-11-7-5-10-12-8-9-13-10/h11H,2-9H2,1H3. The van der Waals surface area contributed by atoms with Crippen LogP contribution in [0.3, 0.4) is 0 Å². The molecule has 3 nitrogen and oxygen atoms in total. The molecule has 0 spiro atoms. The molecule has 1 N–H and O–H groups in total. The quantitative estimate of drug-likeness (QED) is 0.609. The lowest BCUT2D eigenvalue weighted by molar-refractivity contribution is 0.337.